The second-order valence-electron chi connectivity index (χ2n) is 10.1. The molecule has 38 heavy (non-hydrogen) atoms. The fourth-order valence-corrected chi connectivity index (χ4v) is 3.82. The van der Waals surface area contributed by atoms with E-state index in [2.05, 4.69) is 37.6 Å². The fraction of sp³-hybridized carbons (Fsp3) is 0.423. The third-order valence-electron chi connectivity index (χ3n) is 5.88. The number of guanidine groups is 1. The summed E-state index contributed by atoms with van der Waals surface area (Å²) < 4.78 is 0. The summed E-state index contributed by atoms with van der Waals surface area (Å²) in [6.45, 7) is 6.43. The van der Waals surface area contributed by atoms with Crippen molar-refractivity contribution in [1.29, 1.82) is 5.26 Å². The lowest BCUT2D eigenvalue weighted by Gasteiger charge is -2.24. The van der Waals surface area contributed by atoms with Crippen molar-refractivity contribution in [2.24, 2.45) is 4.99 Å². The minimum absolute atomic E-state index is 0.245. The number of amides is 2. The lowest BCUT2D eigenvalue weighted by atomic mass is 9.84. The summed E-state index contributed by atoms with van der Waals surface area (Å²) >= 11 is 0. The maximum absolute atomic E-state index is 12.7. The van der Waals surface area contributed by atoms with E-state index in [1.165, 1.54) is 0 Å². The molecule has 0 saturated heterocycles. The van der Waals surface area contributed by atoms with Gasteiger partial charge in [-0.25, -0.2) is 0 Å². The van der Waals surface area contributed by atoms with E-state index in [4.69, 9.17) is 0 Å². The Balaban J connectivity index is 1.64. The Labute approximate surface area is 220 Å². The van der Waals surface area contributed by atoms with Crippen molar-refractivity contribution in [3.8, 4) is 6.07 Å². The number of aliphatic carboxylic acids is 1. The number of carbonyl (C=O) groups is 3. The smallest absolute Gasteiger partial charge is 0.305 e. The van der Waals surface area contributed by atoms with E-state index in [-0.39, 0.29) is 31.5 Å². The van der Waals surface area contributed by atoms with Gasteiger partial charge in [-0.1, -0.05) is 26.8 Å². The van der Waals surface area contributed by atoms with E-state index < -0.39 is 29.9 Å². The highest BCUT2D eigenvalue weighted by molar-refractivity contribution is 5.97. The Morgan fingerprint density at radius 3 is 2.66 bits per heavy atom. The van der Waals surface area contributed by atoms with Crippen molar-refractivity contribution in [3.05, 3.63) is 58.4 Å². The third kappa shape index (κ3) is 8.07. The molecule has 2 aliphatic heterocycles. The number of carboxylic acid groups (broad SMARTS) is 1. The first kappa shape index (κ1) is 28.2. The number of aliphatic imine (C=N–C) groups is 1. The minimum Gasteiger partial charge on any atom is -0.481 e. The quantitative estimate of drug-likeness (QED) is 0.244. The van der Waals surface area contributed by atoms with E-state index >= 15 is 0 Å². The maximum Gasteiger partial charge on any atom is 0.305 e. The SMILES string of the molecule is CC(C)(C)c1cc(C#N)cc([C@H](CC(=O)O)NC(=O)CNC(=O)C2=CC(NC3=NCC(O)CN3)=CNC2)c1. The number of hydrogen-bond acceptors (Lipinski definition) is 9. The molecule has 0 aliphatic carbocycles. The number of aliphatic hydroxyl groups is 1. The lowest BCUT2D eigenvalue weighted by molar-refractivity contribution is -0.138. The number of rotatable bonds is 8. The molecule has 0 radical (unpaired) electrons. The molecule has 3 rings (SSSR count). The van der Waals surface area contributed by atoms with Gasteiger partial charge >= 0.3 is 5.97 Å². The highest BCUT2D eigenvalue weighted by Gasteiger charge is 2.23. The van der Waals surface area contributed by atoms with Crippen LogP contribution >= 0.6 is 0 Å². The fourth-order valence-electron chi connectivity index (χ4n) is 3.82. The molecule has 0 aromatic heterocycles. The number of benzene rings is 1. The zero-order chi connectivity index (χ0) is 27.9. The topological polar surface area (TPSA) is 188 Å². The second kappa shape index (κ2) is 12.2. The molecule has 1 aromatic rings. The maximum atomic E-state index is 12.7. The van der Waals surface area contributed by atoms with Crippen LogP contribution in [0.5, 0.6) is 0 Å². The summed E-state index contributed by atoms with van der Waals surface area (Å²) in [5.41, 5.74) is 2.36. The van der Waals surface area contributed by atoms with E-state index in [0.29, 0.717) is 34.9 Å². The van der Waals surface area contributed by atoms with Crippen LogP contribution in [0.3, 0.4) is 0 Å². The first-order valence-electron chi connectivity index (χ1n) is 12.2. The molecule has 2 aliphatic rings. The number of dihydropyridines is 1. The average Bonchev–Trinajstić information content (AvgIpc) is 2.87. The Morgan fingerprint density at radius 1 is 1.26 bits per heavy atom. The molecule has 0 fully saturated rings. The van der Waals surface area contributed by atoms with Gasteiger partial charge in [0.2, 0.25) is 11.8 Å². The molecule has 2 atom stereocenters. The molecule has 1 unspecified atom stereocenters. The van der Waals surface area contributed by atoms with Gasteiger partial charge < -0.3 is 36.8 Å². The van der Waals surface area contributed by atoms with Crippen LogP contribution in [0.1, 0.15) is 49.9 Å². The number of allylic oxidation sites excluding steroid dienone is 1. The monoisotopic (exact) mass is 523 g/mol. The molecule has 2 amide bonds. The Kier molecular flexibility index (Phi) is 9.09. The average molecular weight is 524 g/mol. The van der Waals surface area contributed by atoms with Gasteiger partial charge in [0.1, 0.15) is 0 Å². The van der Waals surface area contributed by atoms with Crippen molar-refractivity contribution in [1.82, 2.24) is 26.6 Å². The van der Waals surface area contributed by atoms with Gasteiger partial charge in [0.05, 0.1) is 49.0 Å². The minimum atomic E-state index is -1.11. The molecule has 1 aromatic carbocycles. The predicted octanol–water partition coefficient (Wildman–Crippen LogP) is -0.115. The van der Waals surface area contributed by atoms with Crippen molar-refractivity contribution < 1.29 is 24.6 Å². The molecular formula is C26H33N7O5. The van der Waals surface area contributed by atoms with E-state index in [0.717, 1.165) is 5.56 Å². The Bertz CT molecular complexity index is 1220. The van der Waals surface area contributed by atoms with Gasteiger partial charge in [0.25, 0.3) is 0 Å². The number of hydrogen-bond donors (Lipinski definition) is 7. The molecule has 0 saturated carbocycles. The summed E-state index contributed by atoms with van der Waals surface area (Å²) in [6.07, 6.45) is 2.36. The Hall–Kier alpha value is -4.37. The lowest BCUT2D eigenvalue weighted by Crippen LogP contribution is -2.46. The number of nitriles is 1. The number of nitrogens with zero attached hydrogens (tertiary/aromatic N) is 2. The van der Waals surface area contributed by atoms with Crippen LogP contribution in [-0.4, -0.2) is 66.2 Å². The highest BCUT2D eigenvalue weighted by atomic mass is 16.4. The van der Waals surface area contributed by atoms with Crippen LogP contribution in [0, 0.1) is 11.3 Å². The first-order chi connectivity index (χ1) is 17.9. The molecule has 12 heteroatoms. The van der Waals surface area contributed by atoms with E-state index in [9.17, 15) is 29.9 Å². The molecular weight excluding hydrogens is 490 g/mol. The summed E-state index contributed by atoms with van der Waals surface area (Å²) in [7, 11) is 0. The zero-order valence-electron chi connectivity index (χ0n) is 21.6. The molecule has 0 bridgehead atoms. The molecule has 7 N–H and O–H groups in total. The van der Waals surface area contributed by atoms with Crippen LogP contribution < -0.4 is 26.6 Å². The number of aliphatic hydroxyl groups excluding tert-OH is 1. The van der Waals surface area contributed by atoms with Gasteiger partial charge in [0, 0.05) is 24.9 Å². The normalized spacial score (nSPS) is 17.8. The van der Waals surface area contributed by atoms with Gasteiger partial charge in [-0.05, 0) is 34.8 Å². The van der Waals surface area contributed by atoms with E-state index in [1.807, 2.05) is 20.8 Å². The third-order valence-corrected chi connectivity index (χ3v) is 5.88. The van der Waals surface area contributed by atoms with Gasteiger partial charge in [-0.2, -0.15) is 5.26 Å². The van der Waals surface area contributed by atoms with Crippen LogP contribution in [0.2, 0.25) is 0 Å². The van der Waals surface area contributed by atoms with Crippen LogP contribution in [0.15, 0.2) is 46.7 Å². The van der Waals surface area contributed by atoms with Crippen LogP contribution in [-0.2, 0) is 19.8 Å². The standard InChI is InChI=1S/C26H33N7O5/c1-26(2,3)18-5-15(9-27)4-16(6-18)21(8-23(36)37)33-22(35)14-29-24(38)17-7-19(11-28-10-17)32-25-30-12-20(34)13-31-25/h4-7,11,20-21,28,34H,8,10,12-14H2,1-3H3,(H,29,38)(H,33,35)(H,36,37)(H2,30,31,32)/t21-/m0/s1. The molecule has 12 nitrogen and oxygen atoms in total. The number of β-amino-alcohol motifs (C(OH)–C–C–N with tert-alkyl or cyclic N) is 1. The molecule has 202 valence electrons. The van der Waals surface area contributed by atoms with Crippen LogP contribution in [0.25, 0.3) is 0 Å². The zero-order valence-corrected chi connectivity index (χ0v) is 21.6. The summed E-state index contributed by atoms with van der Waals surface area (Å²) in [6, 6.07) is 6.30. The van der Waals surface area contributed by atoms with Crippen molar-refractivity contribution in [2.75, 3.05) is 26.2 Å². The second-order valence-corrected chi connectivity index (χ2v) is 10.1. The highest BCUT2D eigenvalue weighted by Crippen LogP contribution is 2.28. The number of nitrogens with one attached hydrogen (secondary N) is 5. The molecule has 0 spiro atoms. The first-order valence-corrected chi connectivity index (χ1v) is 12.2. The van der Waals surface area contributed by atoms with Gasteiger partial charge in [-0.15, -0.1) is 0 Å². The van der Waals surface area contributed by atoms with Crippen molar-refractivity contribution in [3.63, 3.8) is 0 Å². The summed E-state index contributed by atoms with van der Waals surface area (Å²) in [4.78, 5) is 41.1. The number of carbonyl (C=O) groups excluding carboxylic acids is 2. The van der Waals surface area contributed by atoms with Gasteiger partial charge in [0.15, 0.2) is 5.96 Å². The van der Waals surface area contributed by atoms with Gasteiger partial charge in [-0.3, -0.25) is 19.4 Å². The van der Waals surface area contributed by atoms with E-state index in [1.54, 1.807) is 30.5 Å². The Morgan fingerprint density at radius 2 is 2.03 bits per heavy atom. The van der Waals surface area contributed by atoms with Crippen molar-refractivity contribution in [2.45, 2.75) is 44.8 Å². The van der Waals surface area contributed by atoms with Crippen LogP contribution in [0.4, 0.5) is 0 Å². The number of carboxylic acids is 1. The molecule has 2 heterocycles. The largest absolute Gasteiger partial charge is 0.481 e. The summed E-state index contributed by atoms with van der Waals surface area (Å²) in [5.74, 6) is -1.68. The van der Waals surface area contributed by atoms with Crippen molar-refractivity contribution >= 4 is 23.7 Å². The summed E-state index contributed by atoms with van der Waals surface area (Å²) in [5, 5.41) is 42.6. The predicted molar refractivity (Wildman–Crippen MR) is 140 cm³/mol.